The molecule has 0 spiro atoms. The van der Waals surface area contributed by atoms with Crippen molar-refractivity contribution in [2.45, 2.75) is 17.4 Å². The molecule has 7 rings (SSSR count). The highest BCUT2D eigenvalue weighted by Crippen LogP contribution is 2.42. The van der Waals surface area contributed by atoms with E-state index in [2.05, 4.69) is 137 Å². The zero-order valence-electron chi connectivity index (χ0n) is 21.3. The summed E-state index contributed by atoms with van der Waals surface area (Å²) in [4.78, 5) is 12.3. The van der Waals surface area contributed by atoms with Gasteiger partial charge in [-0.3, -0.25) is 9.88 Å². The Morgan fingerprint density at radius 3 is 1.89 bits per heavy atom. The second kappa shape index (κ2) is 9.23. The van der Waals surface area contributed by atoms with Crippen molar-refractivity contribution in [2.75, 3.05) is 19.6 Å². The van der Waals surface area contributed by atoms with E-state index in [9.17, 15) is 0 Å². The number of pyridine rings is 1. The van der Waals surface area contributed by atoms with E-state index in [1.165, 1.54) is 22.3 Å². The fourth-order valence-corrected chi connectivity index (χ4v) is 6.43. The summed E-state index contributed by atoms with van der Waals surface area (Å²) in [5.41, 5.74) is 6.12. The molecule has 1 saturated heterocycles. The molecule has 2 aliphatic rings. The zero-order valence-corrected chi connectivity index (χ0v) is 21.3. The summed E-state index contributed by atoms with van der Waals surface area (Å²) in [6.45, 7) is 3.31. The van der Waals surface area contributed by atoms with Crippen LogP contribution in [0.4, 0.5) is 0 Å². The Hall–Kier alpha value is -4.28. The highest BCUT2D eigenvalue weighted by Gasteiger charge is 2.40. The Labute approximate surface area is 223 Å². The van der Waals surface area contributed by atoms with Gasteiger partial charge in [-0.15, -0.1) is 0 Å². The molecule has 38 heavy (non-hydrogen) atoms. The summed E-state index contributed by atoms with van der Waals surface area (Å²) in [7, 11) is 0. The summed E-state index contributed by atoms with van der Waals surface area (Å²) < 4.78 is 2.25. The fourth-order valence-electron chi connectivity index (χ4n) is 6.43. The van der Waals surface area contributed by atoms with E-state index < -0.39 is 5.54 Å². The first-order valence-electron chi connectivity index (χ1n) is 13.4. The molecule has 4 heteroatoms. The van der Waals surface area contributed by atoms with E-state index in [1.807, 2.05) is 6.33 Å². The van der Waals surface area contributed by atoms with Crippen LogP contribution in [0.15, 0.2) is 134 Å². The van der Waals surface area contributed by atoms with Crippen molar-refractivity contribution in [1.29, 1.82) is 0 Å². The average molecular weight is 495 g/mol. The number of aromatic nitrogens is 3. The third-order valence-electron chi connectivity index (χ3n) is 8.33. The third-order valence-corrected chi connectivity index (χ3v) is 8.33. The van der Waals surface area contributed by atoms with Gasteiger partial charge in [0.25, 0.3) is 0 Å². The summed E-state index contributed by atoms with van der Waals surface area (Å²) >= 11 is 0. The van der Waals surface area contributed by atoms with Crippen LogP contribution < -0.4 is 0 Å². The molecule has 1 fully saturated rings. The van der Waals surface area contributed by atoms with E-state index in [-0.39, 0.29) is 5.41 Å². The normalized spacial score (nSPS) is 20.5. The smallest absolute Gasteiger partial charge is 0.121 e. The standard InChI is InChI=1S/C34H30N4/c1-4-11-27(12-5-1)34(28-13-6-2-7-14-28,29-15-8-3-9-16-29)38-24-32(36-26-38)31-18-17-30(23-35-31)33-19-10-21-37(25-33)22-20-33/h1-19,23-24,26H,20-22,25H2. The van der Waals surface area contributed by atoms with Gasteiger partial charge in [-0.05, 0) is 41.3 Å². The summed E-state index contributed by atoms with van der Waals surface area (Å²) in [5.74, 6) is 0. The van der Waals surface area contributed by atoms with Crippen LogP contribution in [-0.4, -0.2) is 39.1 Å². The summed E-state index contributed by atoms with van der Waals surface area (Å²) in [5, 5.41) is 0. The molecular formula is C34H30N4. The Morgan fingerprint density at radius 2 is 1.32 bits per heavy atom. The van der Waals surface area contributed by atoms with Gasteiger partial charge in [0.15, 0.2) is 0 Å². The molecule has 4 heterocycles. The largest absolute Gasteiger partial charge is 0.318 e. The monoisotopic (exact) mass is 494 g/mol. The Balaban J connectivity index is 1.35. The second-order valence-electron chi connectivity index (χ2n) is 10.5. The number of nitrogens with zero attached hydrogens (tertiary/aromatic N) is 4. The fraction of sp³-hybridized carbons (Fsp3) is 0.176. The van der Waals surface area contributed by atoms with Crippen molar-refractivity contribution >= 4 is 0 Å². The van der Waals surface area contributed by atoms with Crippen molar-refractivity contribution in [2.24, 2.45) is 0 Å². The van der Waals surface area contributed by atoms with Crippen LogP contribution in [0.5, 0.6) is 0 Å². The Kier molecular flexibility index (Phi) is 5.56. The summed E-state index contributed by atoms with van der Waals surface area (Å²) in [6.07, 6.45) is 12.0. The van der Waals surface area contributed by atoms with Crippen LogP contribution in [0.1, 0.15) is 28.7 Å². The Morgan fingerprint density at radius 1 is 0.684 bits per heavy atom. The molecule has 0 radical (unpaired) electrons. The molecule has 0 aliphatic carbocycles. The lowest BCUT2D eigenvalue weighted by Gasteiger charge is -2.37. The van der Waals surface area contributed by atoms with Crippen LogP contribution in [0, 0.1) is 0 Å². The van der Waals surface area contributed by atoms with E-state index >= 15 is 0 Å². The lowest BCUT2D eigenvalue weighted by atomic mass is 9.77. The number of hydrogen-bond donors (Lipinski definition) is 0. The first kappa shape index (κ1) is 22.9. The second-order valence-corrected chi connectivity index (χ2v) is 10.5. The SMILES string of the molecule is C1=CC2(c3ccc(-c4cn(C(c5ccccc5)(c5ccccc5)c5ccccc5)cn4)nc3)CCN(C1)C2. The molecule has 4 nitrogen and oxygen atoms in total. The molecule has 3 aromatic carbocycles. The van der Waals surface area contributed by atoms with Gasteiger partial charge in [-0.2, -0.15) is 0 Å². The van der Waals surface area contributed by atoms with Crippen LogP contribution in [0.3, 0.4) is 0 Å². The van der Waals surface area contributed by atoms with Crippen molar-refractivity contribution in [3.05, 3.63) is 156 Å². The van der Waals surface area contributed by atoms with E-state index in [1.54, 1.807) is 0 Å². The van der Waals surface area contributed by atoms with Gasteiger partial charge in [0.1, 0.15) is 11.2 Å². The Bertz CT molecular complexity index is 1460. The first-order valence-corrected chi connectivity index (χ1v) is 13.4. The van der Waals surface area contributed by atoms with Gasteiger partial charge in [0.05, 0.1) is 12.0 Å². The average Bonchev–Trinajstić information content (AvgIpc) is 3.60. The number of fused-ring (bicyclic) bond motifs is 2. The van der Waals surface area contributed by atoms with E-state index in [4.69, 9.17) is 9.97 Å². The third kappa shape index (κ3) is 3.64. The lowest BCUT2D eigenvalue weighted by Crippen LogP contribution is -2.36. The van der Waals surface area contributed by atoms with Crippen LogP contribution in [0.25, 0.3) is 11.4 Å². The highest BCUT2D eigenvalue weighted by molar-refractivity contribution is 5.57. The van der Waals surface area contributed by atoms with Gasteiger partial charge in [-0.1, -0.05) is 109 Å². The topological polar surface area (TPSA) is 34.0 Å². The van der Waals surface area contributed by atoms with Gasteiger partial charge in [0.2, 0.25) is 0 Å². The minimum atomic E-state index is -0.575. The van der Waals surface area contributed by atoms with Crippen molar-refractivity contribution in [1.82, 2.24) is 19.4 Å². The number of hydrogen-bond acceptors (Lipinski definition) is 3. The minimum Gasteiger partial charge on any atom is -0.318 e. The molecule has 0 amide bonds. The van der Waals surface area contributed by atoms with Gasteiger partial charge in [0, 0.05) is 30.9 Å². The van der Waals surface area contributed by atoms with Gasteiger partial charge < -0.3 is 4.57 Å². The molecule has 2 unspecified atom stereocenters. The van der Waals surface area contributed by atoms with Gasteiger partial charge >= 0.3 is 0 Å². The zero-order chi connectivity index (χ0) is 25.4. The van der Waals surface area contributed by atoms with Crippen molar-refractivity contribution in [3.8, 4) is 11.4 Å². The molecule has 186 valence electrons. The maximum Gasteiger partial charge on any atom is 0.121 e. The summed E-state index contributed by atoms with van der Waals surface area (Å²) in [6, 6.07) is 36.5. The minimum absolute atomic E-state index is 0.103. The molecular weight excluding hydrogens is 464 g/mol. The first-order chi connectivity index (χ1) is 18.8. The van der Waals surface area contributed by atoms with Crippen molar-refractivity contribution in [3.63, 3.8) is 0 Å². The molecule has 2 atom stereocenters. The number of benzene rings is 3. The molecule has 2 aliphatic heterocycles. The predicted octanol–water partition coefficient (Wildman–Crippen LogP) is 6.30. The maximum absolute atomic E-state index is 4.92. The molecule has 2 aromatic heterocycles. The number of rotatable bonds is 6. The van der Waals surface area contributed by atoms with E-state index in [0.717, 1.165) is 37.4 Å². The van der Waals surface area contributed by atoms with Crippen LogP contribution in [0.2, 0.25) is 0 Å². The quantitative estimate of drug-likeness (QED) is 0.205. The predicted molar refractivity (Wildman–Crippen MR) is 152 cm³/mol. The van der Waals surface area contributed by atoms with Crippen molar-refractivity contribution < 1.29 is 0 Å². The van der Waals surface area contributed by atoms with E-state index in [0.29, 0.717) is 0 Å². The molecule has 0 saturated carbocycles. The lowest BCUT2D eigenvalue weighted by molar-refractivity contribution is 0.345. The maximum atomic E-state index is 4.92. The van der Waals surface area contributed by atoms with Crippen LogP contribution in [-0.2, 0) is 11.0 Å². The number of imidazole rings is 1. The van der Waals surface area contributed by atoms with Gasteiger partial charge in [-0.25, -0.2) is 4.98 Å². The molecule has 5 aromatic rings. The molecule has 2 bridgehead atoms. The molecule has 0 N–H and O–H groups in total. The van der Waals surface area contributed by atoms with Crippen LogP contribution >= 0.6 is 0 Å². The highest BCUT2D eigenvalue weighted by atomic mass is 15.2.